The van der Waals surface area contributed by atoms with E-state index in [4.69, 9.17) is 0 Å². The molecule has 0 saturated heterocycles. The minimum atomic E-state index is -0.842. The Kier molecular flexibility index (Phi) is 4.99. The van der Waals surface area contributed by atoms with Crippen LogP contribution in [-0.2, 0) is 4.79 Å². The van der Waals surface area contributed by atoms with Crippen LogP contribution in [-0.4, -0.2) is 18.4 Å². The van der Waals surface area contributed by atoms with Crippen LogP contribution in [0.1, 0.15) is 16.8 Å². The molecule has 0 atom stereocenters. The summed E-state index contributed by atoms with van der Waals surface area (Å²) < 4.78 is 26.0. The fourth-order valence-corrected chi connectivity index (χ4v) is 2.22. The van der Waals surface area contributed by atoms with E-state index in [9.17, 15) is 18.4 Å². The first-order valence-electron chi connectivity index (χ1n) is 6.11. The van der Waals surface area contributed by atoms with Crippen molar-refractivity contribution in [2.75, 3.05) is 11.9 Å². The Morgan fingerprint density at radius 2 is 2.00 bits per heavy atom. The number of carbonyl (C=O) groups is 2. The lowest BCUT2D eigenvalue weighted by Gasteiger charge is -2.07. The summed E-state index contributed by atoms with van der Waals surface area (Å²) in [6.45, 7) is 0.128. The van der Waals surface area contributed by atoms with Gasteiger partial charge in [-0.25, -0.2) is 8.78 Å². The molecule has 0 saturated carbocycles. The summed E-state index contributed by atoms with van der Waals surface area (Å²) in [6.07, 6.45) is -0.00725. The summed E-state index contributed by atoms with van der Waals surface area (Å²) in [7, 11) is 0. The number of hydrogen-bond acceptors (Lipinski definition) is 3. The second-order valence-electron chi connectivity index (χ2n) is 4.19. The molecule has 0 aliphatic carbocycles. The van der Waals surface area contributed by atoms with E-state index in [2.05, 4.69) is 10.6 Å². The maximum Gasteiger partial charge on any atom is 0.252 e. The predicted molar refractivity (Wildman–Crippen MR) is 76.3 cm³/mol. The zero-order valence-electron chi connectivity index (χ0n) is 10.9. The van der Waals surface area contributed by atoms with Gasteiger partial charge in [0.2, 0.25) is 5.91 Å². The molecule has 2 amide bonds. The van der Waals surface area contributed by atoms with Crippen LogP contribution in [0, 0.1) is 11.6 Å². The van der Waals surface area contributed by atoms with E-state index < -0.39 is 17.5 Å². The predicted octanol–water partition coefficient (Wildman–Crippen LogP) is 2.78. The molecule has 1 aromatic carbocycles. The molecule has 21 heavy (non-hydrogen) atoms. The quantitative estimate of drug-likeness (QED) is 0.892. The molecular weight excluding hydrogens is 298 g/mol. The van der Waals surface area contributed by atoms with E-state index in [1.807, 2.05) is 0 Å². The van der Waals surface area contributed by atoms with Crippen LogP contribution in [0.3, 0.4) is 0 Å². The average Bonchev–Trinajstić information content (AvgIpc) is 2.96. The molecule has 0 radical (unpaired) electrons. The van der Waals surface area contributed by atoms with Crippen LogP contribution in [0.15, 0.2) is 35.0 Å². The van der Waals surface area contributed by atoms with Gasteiger partial charge in [0.1, 0.15) is 11.6 Å². The van der Waals surface area contributed by atoms with Gasteiger partial charge < -0.3 is 10.6 Å². The summed E-state index contributed by atoms with van der Waals surface area (Å²) in [4.78, 5) is 23.2. The zero-order valence-corrected chi connectivity index (χ0v) is 11.7. The highest BCUT2D eigenvalue weighted by molar-refractivity contribution is 7.08. The van der Waals surface area contributed by atoms with Crippen molar-refractivity contribution in [3.8, 4) is 0 Å². The van der Waals surface area contributed by atoms with E-state index >= 15 is 0 Å². The first-order valence-corrected chi connectivity index (χ1v) is 7.06. The smallest absolute Gasteiger partial charge is 0.252 e. The number of carbonyl (C=O) groups excluding carboxylic acids is 2. The fourth-order valence-electron chi connectivity index (χ4n) is 1.59. The molecule has 0 spiro atoms. The summed E-state index contributed by atoms with van der Waals surface area (Å²) in [5.41, 5.74) is 0.440. The number of thiophene rings is 1. The van der Waals surface area contributed by atoms with Crippen LogP contribution in [0.25, 0.3) is 0 Å². The molecule has 0 aliphatic heterocycles. The Morgan fingerprint density at radius 1 is 1.19 bits per heavy atom. The van der Waals surface area contributed by atoms with Gasteiger partial charge in [-0.3, -0.25) is 9.59 Å². The highest BCUT2D eigenvalue weighted by Crippen LogP contribution is 2.14. The van der Waals surface area contributed by atoms with Crippen molar-refractivity contribution in [3.05, 3.63) is 52.2 Å². The second kappa shape index (κ2) is 6.94. The summed E-state index contributed by atoms with van der Waals surface area (Å²) in [5, 5.41) is 8.37. The van der Waals surface area contributed by atoms with E-state index in [0.29, 0.717) is 11.6 Å². The standard InChI is InChI=1S/C14H12F2N2O2S/c15-10-1-2-12(11(16)7-10)18-13(19)3-5-17-14(20)9-4-6-21-8-9/h1-2,4,6-8H,3,5H2,(H,17,20)(H,18,19). The highest BCUT2D eigenvalue weighted by Gasteiger charge is 2.09. The third-order valence-electron chi connectivity index (χ3n) is 2.63. The van der Waals surface area contributed by atoms with Gasteiger partial charge >= 0.3 is 0 Å². The Bertz CT molecular complexity index is 644. The van der Waals surface area contributed by atoms with Crippen LogP contribution < -0.4 is 10.6 Å². The lowest BCUT2D eigenvalue weighted by Crippen LogP contribution is -2.27. The Labute approximate surface area is 123 Å². The number of anilines is 1. The number of hydrogen-bond donors (Lipinski definition) is 2. The third-order valence-corrected chi connectivity index (χ3v) is 3.31. The molecule has 2 aromatic rings. The van der Waals surface area contributed by atoms with Crippen molar-refractivity contribution < 1.29 is 18.4 Å². The molecular formula is C14H12F2N2O2S. The van der Waals surface area contributed by atoms with Gasteiger partial charge in [0.05, 0.1) is 5.69 Å². The number of amides is 2. The molecule has 0 bridgehead atoms. The Balaban J connectivity index is 1.78. The minimum absolute atomic E-state index is 0.00725. The van der Waals surface area contributed by atoms with Crippen LogP contribution in [0.4, 0.5) is 14.5 Å². The largest absolute Gasteiger partial charge is 0.351 e. The lowest BCUT2D eigenvalue weighted by molar-refractivity contribution is -0.116. The van der Waals surface area contributed by atoms with Gasteiger partial charge in [-0.15, -0.1) is 0 Å². The first kappa shape index (κ1) is 15.1. The minimum Gasteiger partial charge on any atom is -0.351 e. The maximum atomic E-state index is 13.3. The van der Waals surface area contributed by atoms with Crippen LogP contribution in [0.5, 0.6) is 0 Å². The van der Waals surface area contributed by atoms with E-state index in [1.165, 1.54) is 11.3 Å². The third kappa shape index (κ3) is 4.35. The average molecular weight is 310 g/mol. The fraction of sp³-hybridized carbons (Fsp3) is 0.143. The topological polar surface area (TPSA) is 58.2 Å². The van der Waals surface area contributed by atoms with E-state index in [-0.39, 0.29) is 24.6 Å². The molecule has 2 N–H and O–H groups in total. The molecule has 7 heteroatoms. The van der Waals surface area contributed by atoms with Gasteiger partial charge in [0, 0.05) is 30.0 Å². The van der Waals surface area contributed by atoms with Crippen molar-refractivity contribution in [3.63, 3.8) is 0 Å². The van der Waals surface area contributed by atoms with Crippen molar-refractivity contribution >= 4 is 28.8 Å². The molecule has 0 fully saturated rings. The Morgan fingerprint density at radius 3 is 2.67 bits per heavy atom. The number of nitrogens with one attached hydrogen (secondary N) is 2. The first-order chi connectivity index (χ1) is 10.1. The van der Waals surface area contributed by atoms with Gasteiger partial charge in [-0.1, -0.05) is 0 Å². The maximum absolute atomic E-state index is 13.3. The van der Waals surface area contributed by atoms with E-state index in [1.54, 1.807) is 16.8 Å². The number of benzene rings is 1. The number of halogens is 2. The monoisotopic (exact) mass is 310 g/mol. The molecule has 1 aromatic heterocycles. The van der Waals surface area contributed by atoms with Crippen LogP contribution in [0.2, 0.25) is 0 Å². The van der Waals surface area contributed by atoms with Crippen molar-refractivity contribution in [2.45, 2.75) is 6.42 Å². The molecule has 2 rings (SSSR count). The SMILES string of the molecule is O=C(CCNC(=O)c1ccsc1)Nc1ccc(F)cc1F. The molecule has 0 aliphatic rings. The molecule has 0 unspecified atom stereocenters. The van der Waals surface area contributed by atoms with Crippen molar-refractivity contribution in [1.29, 1.82) is 0 Å². The van der Waals surface area contributed by atoms with Gasteiger partial charge in [-0.2, -0.15) is 11.3 Å². The van der Waals surface area contributed by atoms with Gasteiger partial charge in [-0.05, 0) is 23.6 Å². The second-order valence-corrected chi connectivity index (χ2v) is 4.97. The Hall–Kier alpha value is -2.28. The zero-order chi connectivity index (χ0) is 15.2. The lowest BCUT2D eigenvalue weighted by atomic mass is 10.2. The molecule has 110 valence electrons. The van der Waals surface area contributed by atoms with Crippen LogP contribution >= 0.6 is 11.3 Å². The van der Waals surface area contributed by atoms with Crippen molar-refractivity contribution in [1.82, 2.24) is 5.32 Å². The van der Waals surface area contributed by atoms with Crippen molar-refractivity contribution in [2.24, 2.45) is 0 Å². The summed E-state index contributed by atoms with van der Waals surface area (Å²) in [5.74, 6) is -2.29. The normalized spacial score (nSPS) is 10.2. The van der Waals surface area contributed by atoms with Gasteiger partial charge in [0.25, 0.3) is 5.91 Å². The molecule has 1 heterocycles. The highest BCUT2D eigenvalue weighted by atomic mass is 32.1. The van der Waals surface area contributed by atoms with Gasteiger partial charge in [0.15, 0.2) is 0 Å². The summed E-state index contributed by atoms with van der Waals surface area (Å²) >= 11 is 1.40. The van der Waals surface area contributed by atoms with E-state index in [0.717, 1.165) is 12.1 Å². The number of rotatable bonds is 5. The summed E-state index contributed by atoms with van der Waals surface area (Å²) in [6, 6.07) is 4.56. The molecule has 4 nitrogen and oxygen atoms in total.